The number of nitrogen functional groups attached to an aromatic ring is 1. The van der Waals surface area contributed by atoms with Gasteiger partial charge in [0.25, 0.3) is 0 Å². The third-order valence-corrected chi connectivity index (χ3v) is 5.18. The van der Waals surface area contributed by atoms with E-state index in [2.05, 4.69) is 15.9 Å². The lowest BCUT2D eigenvalue weighted by Gasteiger charge is -2.06. The van der Waals surface area contributed by atoms with Gasteiger partial charge in [0, 0.05) is 4.47 Å². The van der Waals surface area contributed by atoms with Gasteiger partial charge in [-0.25, -0.2) is 0 Å². The van der Waals surface area contributed by atoms with Crippen LogP contribution < -0.4 is 5.73 Å². The van der Waals surface area contributed by atoms with E-state index < -0.39 is 10.8 Å². The molecule has 0 aliphatic heterocycles. The minimum absolute atomic E-state index is 0.421. The third-order valence-electron chi connectivity index (χ3n) is 2.44. The number of halogens is 2. The smallest absolute Gasteiger partial charge is 0.0635 e. The summed E-state index contributed by atoms with van der Waals surface area (Å²) >= 11 is 9.25. The molecular formula is C13H11BrClNOS. The van der Waals surface area contributed by atoms with Crippen molar-refractivity contribution >= 4 is 44.0 Å². The molecule has 2 aromatic carbocycles. The number of hydrogen-bond donors (Lipinski definition) is 1. The van der Waals surface area contributed by atoms with E-state index in [-0.39, 0.29) is 0 Å². The van der Waals surface area contributed by atoms with Gasteiger partial charge in [-0.3, -0.25) is 4.21 Å². The van der Waals surface area contributed by atoms with E-state index in [1.807, 2.05) is 30.3 Å². The fraction of sp³-hybridized carbons (Fsp3) is 0.0769. The molecule has 18 heavy (non-hydrogen) atoms. The van der Waals surface area contributed by atoms with Crippen LogP contribution in [0.15, 0.2) is 51.8 Å². The van der Waals surface area contributed by atoms with Gasteiger partial charge in [-0.05, 0) is 45.8 Å². The summed E-state index contributed by atoms with van der Waals surface area (Å²) in [6.45, 7) is 0. The van der Waals surface area contributed by atoms with Crippen molar-refractivity contribution < 1.29 is 4.21 Å². The predicted molar refractivity (Wildman–Crippen MR) is 80.1 cm³/mol. The summed E-state index contributed by atoms with van der Waals surface area (Å²) in [6.07, 6.45) is 0. The lowest BCUT2D eigenvalue weighted by atomic mass is 10.2. The molecule has 2 aromatic rings. The van der Waals surface area contributed by atoms with E-state index in [4.69, 9.17) is 17.3 Å². The van der Waals surface area contributed by atoms with Crippen molar-refractivity contribution in [1.82, 2.24) is 0 Å². The first-order valence-electron chi connectivity index (χ1n) is 5.25. The number of rotatable bonds is 3. The van der Waals surface area contributed by atoms with Gasteiger partial charge in [0.05, 0.1) is 32.2 Å². The van der Waals surface area contributed by atoms with E-state index in [1.165, 1.54) is 0 Å². The van der Waals surface area contributed by atoms with E-state index in [1.54, 1.807) is 12.1 Å². The summed E-state index contributed by atoms with van der Waals surface area (Å²) in [4.78, 5) is 0.783. The van der Waals surface area contributed by atoms with Crippen molar-refractivity contribution in [2.24, 2.45) is 0 Å². The van der Waals surface area contributed by atoms with Gasteiger partial charge in [0.1, 0.15) is 0 Å². The van der Waals surface area contributed by atoms with Crippen LogP contribution in [0.25, 0.3) is 0 Å². The minimum Gasteiger partial charge on any atom is -0.398 e. The maximum Gasteiger partial charge on any atom is 0.0635 e. The molecule has 0 aliphatic carbocycles. The Morgan fingerprint density at radius 1 is 1.22 bits per heavy atom. The molecule has 5 heteroatoms. The maximum absolute atomic E-state index is 12.2. The zero-order valence-corrected chi connectivity index (χ0v) is 12.6. The Morgan fingerprint density at radius 3 is 2.61 bits per heavy atom. The van der Waals surface area contributed by atoms with Crippen molar-refractivity contribution in [2.75, 3.05) is 5.73 Å². The van der Waals surface area contributed by atoms with Crippen molar-refractivity contribution in [3.8, 4) is 0 Å². The second kappa shape index (κ2) is 5.87. The highest BCUT2D eigenvalue weighted by molar-refractivity contribution is 9.10. The molecule has 2 N–H and O–H groups in total. The molecule has 0 saturated carbocycles. The van der Waals surface area contributed by atoms with E-state index in [0.717, 1.165) is 14.9 Å². The highest BCUT2D eigenvalue weighted by Crippen LogP contribution is 2.24. The van der Waals surface area contributed by atoms with Gasteiger partial charge in [0.2, 0.25) is 0 Å². The number of benzene rings is 2. The lowest BCUT2D eigenvalue weighted by Crippen LogP contribution is -1.98. The lowest BCUT2D eigenvalue weighted by molar-refractivity contribution is 0.682. The molecule has 0 radical (unpaired) electrons. The molecule has 0 fully saturated rings. The van der Waals surface area contributed by atoms with Crippen molar-refractivity contribution in [1.29, 1.82) is 0 Å². The molecule has 2 rings (SSSR count). The SMILES string of the molecule is Nc1cc(CS(=O)c2ccccc2Br)ccc1Cl. The van der Waals surface area contributed by atoms with Crippen LogP contribution in [0.5, 0.6) is 0 Å². The molecule has 94 valence electrons. The largest absolute Gasteiger partial charge is 0.398 e. The van der Waals surface area contributed by atoms with E-state index in [0.29, 0.717) is 16.5 Å². The van der Waals surface area contributed by atoms with Crippen molar-refractivity contribution in [3.63, 3.8) is 0 Å². The monoisotopic (exact) mass is 343 g/mol. The standard InChI is InChI=1S/C13H11BrClNOS/c14-10-3-1-2-4-13(10)18(17)8-9-5-6-11(15)12(16)7-9/h1-7H,8,16H2. The maximum atomic E-state index is 12.2. The quantitative estimate of drug-likeness (QED) is 0.855. The molecule has 0 saturated heterocycles. The fourth-order valence-corrected chi connectivity index (χ4v) is 3.64. The number of anilines is 1. The van der Waals surface area contributed by atoms with Gasteiger partial charge in [-0.1, -0.05) is 29.8 Å². The summed E-state index contributed by atoms with van der Waals surface area (Å²) in [6, 6.07) is 12.8. The van der Waals surface area contributed by atoms with Crippen LogP contribution in [0, 0.1) is 0 Å². The van der Waals surface area contributed by atoms with Crippen LogP contribution in [0.3, 0.4) is 0 Å². The number of nitrogens with two attached hydrogens (primary N) is 1. The van der Waals surface area contributed by atoms with E-state index in [9.17, 15) is 4.21 Å². The highest BCUT2D eigenvalue weighted by Gasteiger charge is 2.09. The van der Waals surface area contributed by atoms with Crippen molar-refractivity contribution in [3.05, 3.63) is 57.5 Å². The predicted octanol–water partition coefficient (Wildman–Crippen LogP) is 3.99. The summed E-state index contributed by atoms with van der Waals surface area (Å²) < 4.78 is 13.1. The molecular weight excluding hydrogens is 334 g/mol. The molecule has 0 heterocycles. The van der Waals surface area contributed by atoms with Crippen molar-refractivity contribution in [2.45, 2.75) is 10.6 Å². The molecule has 1 unspecified atom stereocenters. The molecule has 0 bridgehead atoms. The molecule has 0 aromatic heterocycles. The second-order valence-corrected chi connectivity index (χ2v) is 6.46. The van der Waals surface area contributed by atoms with E-state index >= 15 is 0 Å². The Labute approximate surface area is 122 Å². The average Bonchev–Trinajstić information content (AvgIpc) is 2.34. The van der Waals surface area contributed by atoms with Crippen LogP contribution in [0.1, 0.15) is 5.56 Å². The van der Waals surface area contributed by atoms with Crippen LogP contribution >= 0.6 is 27.5 Å². The first-order valence-corrected chi connectivity index (χ1v) is 7.73. The Balaban J connectivity index is 2.22. The van der Waals surface area contributed by atoms with Gasteiger partial charge < -0.3 is 5.73 Å². The minimum atomic E-state index is -1.11. The summed E-state index contributed by atoms with van der Waals surface area (Å²) in [5.41, 5.74) is 7.15. The Morgan fingerprint density at radius 2 is 1.94 bits per heavy atom. The molecule has 0 amide bonds. The van der Waals surface area contributed by atoms with Gasteiger partial charge in [-0.2, -0.15) is 0 Å². The first kappa shape index (κ1) is 13.6. The topological polar surface area (TPSA) is 43.1 Å². The Bertz CT molecular complexity index is 603. The Hall–Kier alpha value is -0.840. The summed E-state index contributed by atoms with van der Waals surface area (Å²) in [5, 5.41) is 0.519. The first-order chi connectivity index (χ1) is 8.58. The molecule has 1 atom stereocenters. The van der Waals surface area contributed by atoms with Gasteiger partial charge >= 0.3 is 0 Å². The Kier molecular flexibility index (Phi) is 4.43. The van der Waals surface area contributed by atoms with Crippen LogP contribution in [-0.4, -0.2) is 4.21 Å². The normalized spacial score (nSPS) is 12.3. The van der Waals surface area contributed by atoms with Crippen LogP contribution in [0.2, 0.25) is 5.02 Å². The average molecular weight is 345 g/mol. The highest BCUT2D eigenvalue weighted by atomic mass is 79.9. The summed E-state index contributed by atoms with van der Waals surface area (Å²) in [5.74, 6) is 0.421. The molecule has 0 aliphatic rings. The zero-order valence-electron chi connectivity index (χ0n) is 9.40. The number of hydrogen-bond acceptors (Lipinski definition) is 2. The third kappa shape index (κ3) is 3.13. The summed E-state index contributed by atoms with van der Waals surface area (Å²) in [7, 11) is -1.11. The molecule has 0 spiro atoms. The van der Waals surface area contributed by atoms with Crippen LogP contribution in [0.4, 0.5) is 5.69 Å². The second-order valence-electron chi connectivity index (χ2n) is 3.78. The zero-order chi connectivity index (χ0) is 13.1. The van der Waals surface area contributed by atoms with Crippen LogP contribution in [-0.2, 0) is 16.6 Å². The fourth-order valence-electron chi connectivity index (χ4n) is 1.54. The molecule has 2 nitrogen and oxygen atoms in total. The van der Waals surface area contributed by atoms with Gasteiger partial charge in [0.15, 0.2) is 0 Å². The van der Waals surface area contributed by atoms with Gasteiger partial charge in [-0.15, -0.1) is 0 Å².